The zero-order chi connectivity index (χ0) is 17.9. The van der Waals surface area contributed by atoms with Crippen LogP contribution in [-0.2, 0) is 4.79 Å². The molecule has 0 spiro atoms. The third kappa shape index (κ3) is 4.40. The smallest absolute Gasteiger partial charge is 0.261 e. The van der Waals surface area contributed by atoms with Gasteiger partial charge in [-0.05, 0) is 49.1 Å². The Bertz CT molecular complexity index is 771. The van der Waals surface area contributed by atoms with Crippen LogP contribution in [0.1, 0.15) is 19.3 Å². The van der Waals surface area contributed by atoms with E-state index in [9.17, 15) is 4.79 Å². The van der Waals surface area contributed by atoms with Gasteiger partial charge in [0.2, 0.25) is 0 Å². The molecular weight excluding hydrogens is 383 g/mol. The van der Waals surface area contributed by atoms with Gasteiger partial charge in [-0.15, -0.1) is 12.4 Å². The zero-order valence-corrected chi connectivity index (χ0v) is 16.6. The summed E-state index contributed by atoms with van der Waals surface area (Å²) in [5.74, 6) is 0.615. The number of halogens is 2. The predicted octanol–water partition coefficient (Wildman–Crippen LogP) is 4.16. The van der Waals surface area contributed by atoms with E-state index < -0.39 is 0 Å². The molecule has 0 aromatic heterocycles. The van der Waals surface area contributed by atoms with Gasteiger partial charge in [0.15, 0.2) is 6.61 Å². The van der Waals surface area contributed by atoms with Gasteiger partial charge in [0.25, 0.3) is 5.91 Å². The molecule has 6 heteroatoms. The minimum absolute atomic E-state index is 0. The highest BCUT2D eigenvalue weighted by atomic mass is 35.5. The van der Waals surface area contributed by atoms with E-state index in [1.807, 2.05) is 53.4 Å². The number of ether oxygens (including phenoxy) is 1. The maximum absolute atomic E-state index is 12.7. The van der Waals surface area contributed by atoms with Crippen molar-refractivity contribution >= 4 is 29.9 Å². The van der Waals surface area contributed by atoms with Crippen LogP contribution < -0.4 is 10.1 Å². The summed E-state index contributed by atoms with van der Waals surface area (Å²) in [6.45, 7) is 1.91. The highest BCUT2D eigenvalue weighted by molar-refractivity contribution is 6.32. The fourth-order valence-corrected chi connectivity index (χ4v) is 4.27. The maximum atomic E-state index is 12.7. The SMILES string of the molecule is Cl.O=C(COc1ccc(-c2ccccc2)cc1Cl)N1C2CCNCC1CC2. The molecule has 2 unspecified atom stereocenters. The first-order valence-electron chi connectivity index (χ1n) is 9.22. The van der Waals surface area contributed by atoms with Crippen LogP contribution >= 0.6 is 24.0 Å². The number of nitrogens with zero attached hydrogens (tertiary/aromatic N) is 1. The van der Waals surface area contributed by atoms with Gasteiger partial charge in [-0.1, -0.05) is 48.0 Å². The van der Waals surface area contributed by atoms with Gasteiger partial charge < -0.3 is 15.0 Å². The van der Waals surface area contributed by atoms with E-state index in [0.29, 0.717) is 22.9 Å². The monoisotopic (exact) mass is 406 g/mol. The number of carbonyl (C=O) groups is 1. The molecule has 27 heavy (non-hydrogen) atoms. The fourth-order valence-electron chi connectivity index (χ4n) is 4.03. The first-order chi connectivity index (χ1) is 12.7. The summed E-state index contributed by atoms with van der Waals surface area (Å²) >= 11 is 6.38. The van der Waals surface area contributed by atoms with E-state index in [-0.39, 0.29) is 24.9 Å². The molecule has 4 nitrogen and oxygen atoms in total. The number of rotatable bonds is 4. The van der Waals surface area contributed by atoms with Crippen LogP contribution in [0.3, 0.4) is 0 Å². The molecule has 0 saturated carbocycles. The van der Waals surface area contributed by atoms with E-state index in [1.54, 1.807) is 0 Å². The summed E-state index contributed by atoms with van der Waals surface area (Å²) in [6.07, 6.45) is 3.20. The first-order valence-corrected chi connectivity index (χ1v) is 9.60. The van der Waals surface area contributed by atoms with Gasteiger partial charge in [-0.2, -0.15) is 0 Å². The van der Waals surface area contributed by atoms with Crippen molar-refractivity contribution in [2.75, 3.05) is 19.7 Å². The minimum atomic E-state index is 0. The maximum Gasteiger partial charge on any atom is 0.261 e. The molecule has 2 fully saturated rings. The van der Waals surface area contributed by atoms with Crippen molar-refractivity contribution in [3.05, 3.63) is 53.6 Å². The topological polar surface area (TPSA) is 41.6 Å². The van der Waals surface area contributed by atoms with E-state index in [2.05, 4.69) is 5.32 Å². The van der Waals surface area contributed by atoms with Crippen LogP contribution in [0.4, 0.5) is 0 Å². The van der Waals surface area contributed by atoms with Crippen molar-refractivity contribution in [1.29, 1.82) is 0 Å². The third-order valence-corrected chi connectivity index (χ3v) is 5.63. The molecule has 2 atom stereocenters. The lowest BCUT2D eigenvalue weighted by Crippen LogP contribution is -2.44. The van der Waals surface area contributed by atoms with Crippen LogP contribution in [0.15, 0.2) is 48.5 Å². The first kappa shape index (κ1) is 20.0. The van der Waals surface area contributed by atoms with Crippen LogP contribution in [0.5, 0.6) is 5.75 Å². The second-order valence-corrected chi connectivity index (χ2v) is 7.39. The van der Waals surface area contributed by atoms with E-state index in [1.165, 1.54) is 0 Å². The summed E-state index contributed by atoms with van der Waals surface area (Å²) in [5.41, 5.74) is 2.14. The van der Waals surface area contributed by atoms with Crippen LogP contribution in [-0.4, -0.2) is 42.6 Å². The number of fused-ring (bicyclic) bond motifs is 2. The third-order valence-electron chi connectivity index (χ3n) is 5.33. The summed E-state index contributed by atoms with van der Waals surface area (Å²) in [6, 6.07) is 16.4. The van der Waals surface area contributed by atoms with Crippen molar-refractivity contribution in [2.24, 2.45) is 0 Å². The Kier molecular flexibility index (Phi) is 6.64. The number of nitrogens with one attached hydrogen (secondary N) is 1. The van der Waals surface area contributed by atoms with Crippen molar-refractivity contribution in [1.82, 2.24) is 10.2 Å². The molecule has 2 saturated heterocycles. The molecule has 2 aromatic rings. The fraction of sp³-hybridized carbons (Fsp3) is 0.381. The highest BCUT2D eigenvalue weighted by Gasteiger charge is 2.37. The number of hydrogen-bond acceptors (Lipinski definition) is 3. The quantitative estimate of drug-likeness (QED) is 0.828. The zero-order valence-electron chi connectivity index (χ0n) is 15.1. The largest absolute Gasteiger partial charge is 0.482 e. The molecule has 2 aliphatic heterocycles. The standard InChI is InChI=1S/C21H23ClN2O2.ClH/c22-19-12-16(15-4-2-1-3-5-15)6-9-20(19)26-14-21(25)24-17-7-8-18(24)13-23-11-10-17;/h1-6,9,12,17-18,23H,7-8,10-11,13-14H2;1H. The van der Waals surface area contributed by atoms with E-state index >= 15 is 0 Å². The van der Waals surface area contributed by atoms with Gasteiger partial charge in [-0.3, -0.25) is 4.79 Å². The highest BCUT2D eigenvalue weighted by Crippen LogP contribution is 2.31. The molecule has 1 amide bonds. The molecule has 0 aliphatic carbocycles. The second kappa shape index (κ2) is 8.96. The van der Waals surface area contributed by atoms with Gasteiger partial charge >= 0.3 is 0 Å². The van der Waals surface area contributed by atoms with E-state index in [4.69, 9.17) is 16.3 Å². The Hall–Kier alpha value is -1.75. The lowest BCUT2D eigenvalue weighted by atomic mass is 10.1. The van der Waals surface area contributed by atoms with Crippen LogP contribution in [0.2, 0.25) is 5.02 Å². The Balaban J connectivity index is 0.00000210. The normalized spacial score (nSPS) is 21.3. The lowest BCUT2D eigenvalue weighted by Gasteiger charge is -2.27. The molecule has 144 valence electrons. The molecule has 2 aliphatic rings. The molecule has 0 radical (unpaired) electrons. The average molecular weight is 407 g/mol. The van der Waals surface area contributed by atoms with Crippen LogP contribution in [0, 0.1) is 0 Å². The van der Waals surface area contributed by atoms with Crippen molar-refractivity contribution in [3.63, 3.8) is 0 Å². The molecular formula is C21H24Cl2N2O2. The Morgan fingerprint density at radius 2 is 1.85 bits per heavy atom. The van der Waals surface area contributed by atoms with E-state index in [0.717, 1.165) is 43.5 Å². The Morgan fingerprint density at radius 1 is 1.07 bits per heavy atom. The second-order valence-electron chi connectivity index (χ2n) is 6.98. The molecule has 2 aromatic carbocycles. The van der Waals surface area contributed by atoms with Crippen molar-refractivity contribution < 1.29 is 9.53 Å². The number of hydrogen-bond donors (Lipinski definition) is 1. The molecule has 2 bridgehead atoms. The number of benzene rings is 2. The Labute approximate surface area is 171 Å². The molecule has 1 N–H and O–H groups in total. The number of carbonyl (C=O) groups excluding carboxylic acids is 1. The predicted molar refractivity (Wildman–Crippen MR) is 111 cm³/mol. The van der Waals surface area contributed by atoms with Gasteiger partial charge in [0, 0.05) is 18.6 Å². The molecule has 2 heterocycles. The van der Waals surface area contributed by atoms with Gasteiger partial charge in [0.05, 0.1) is 5.02 Å². The average Bonchev–Trinajstić information content (AvgIpc) is 2.94. The van der Waals surface area contributed by atoms with Crippen molar-refractivity contribution in [3.8, 4) is 16.9 Å². The summed E-state index contributed by atoms with van der Waals surface area (Å²) < 4.78 is 5.76. The van der Waals surface area contributed by atoms with Crippen molar-refractivity contribution in [2.45, 2.75) is 31.3 Å². The summed E-state index contributed by atoms with van der Waals surface area (Å²) in [4.78, 5) is 14.7. The van der Waals surface area contributed by atoms with Crippen LogP contribution in [0.25, 0.3) is 11.1 Å². The summed E-state index contributed by atoms with van der Waals surface area (Å²) in [5, 5.41) is 3.94. The van der Waals surface area contributed by atoms with Gasteiger partial charge in [-0.25, -0.2) is 0 Å². The Morgan fingerprint density at radius 3 is 2.63 bits per heavy atom. The molecule has 4 rings (SSSR count). The summed E-state index contributed by atoms with van der Waals surface area (Å²) in [7, 11) is 0. The van der Waals surface area contributed by atoms with Gasteiger partial charge in [0.1, 0.15) is 5.75 Å². The number of amides is 1. The minimum Gasteiger partial charge on any atom is -0.482 e. The lowest BCUT2D eigenvalue weighted by molar-refractivity contribution is -0.135.